The van der Waals surface area contributed by atoms with Gasteiger partial charge in [-0.25, -0.2) is 0 Å². The van der Waals surface area contributed by atoms with Crippen molar-refractivity contribution >= 4 is 23.4 Å². The monoisotopic (exact) mass is 539 g/mol. The van der Waals surface area contributed by atoms with Gasteiger partial charge in [0.2, 0.25) is 5.91 Å². The predicted molar refractivity (Wildman–Crippen MR) is 155 cm³/mol. The number of imide groups is 1. The van der Waals surface area contributed by atoms with Crippen molar-refractivity contribution in [1.29, 1.82) is 0 Å². The van der Waals surface area contributed by atoms with Gasteiger partial charge in [-0.2, -0.15) is 0 Å². The molecular weight excluding hydrogens is 502 g/mol. The van der Waals surface area contributed by atoms with Crippen LogP contribution in [-0.4, -0.2) is 67.4 Å². The van der Waals surface area contributed by atoms with E-state index in [1.54, 1.807) is 13.2 Å². The second kappa shape index (κ2) is 12.9. The number of fused-ring (bicyclic) bond motifs is 1. The third kappa shape index (κ3) is 6.10. The Kier molecular flexibility index (Phi) is 8.91. The van der Waals surface area contributed by atoms with Crippen LogP contribution in [0.3, 0.4) is 0 Å². The summed E-state index contributed by atoms with van der Waals surface area (Å²) < 4.78 is 5.11. The van der Waals surface area contributed by atoms with E-state index >= 15 is 0 Å². The molecule has 3 amide bonds. The molecule has 2 heterocycles. The highest BCUT2D eigenvalue weighted by Crippen LogP contribution is 2.34. The maximum absolute atomic E-state index is 14.0. The first kappa shape index (κ1) is 27.6. The van der Waals surface area contributed by atoms with Crippen molar-refractivity contribution in [3.63, 3.8) is 0 Å². The van der Waals surface area contributed by atoms with E-state index in [2.05, 4.69) is 29.2 Å². The molecule has 1 saturated heterocycles. The van der Waals surface area contributed by atoms with Gasteiger partial charge in [-0.1, -0.05) is 66.7 Å². The fraction of sp³-hybridized carbons (Fsp3) is 0.364. The topological polar surface area (TPSA) is 70.2 Å². The average Bonchev–Trinajstić information content (AvgIpc) is 3.25. The summed E-state index contributed by atoms with van der Waals surface area (Å²) in [5, 5.41) is 0. The highest BCUT2D eigenvalue weighted by atomic mass is 16.5. The lowest BCUT2D eigenvalue weighted by Gasteiger charge is -2.37. The molecule has 5 rings (SSSR count). The number of ether oxygens (including phenoxy) is 1. The molecular formula is C33H37N3O4. The van der Waals surface area contributed by atoms with Crippen LogP contribution in [0.2, 0.25) is 0 Å². The Morgan fingerprint density at radius 3 is 2.38 bits per heavy atom. The summed E-state index contributed by atoms with van der Waals surface area (Å²) in [6, 6.07) is 25.8. The Morgan fingerprint density at radius 1 is 0.925 bits per heavy atom. The number of hydrogen-bond acceptors (Lipinski definition) is 5. The largest absolute Gasteiger partial charge is 0.385 e. The van der Waals surface area contributed by atoms with Gasteiger partial charge in [0.25, 0.3) is 11.8 Å². The van der Waals surface area contributed by atoms with Crippen molar-refractivity contribution in [2.45, 2.75) is 32.2 Å². The van der Waals surface area contributed by atoms with Crippen LogP contribution in [-0.2, 0) is 22.5 Å². The summed E-state index contributed by atoms with van der Waals surface area (Å²) >= 11 is 0. The molecule has 0 aliphatic carbocycles. The van der Waals surface area contributed by atoms with E-state index in [9.17, 15) is 14.4 Å². The van der Waals surface area contributed by atoms with Gasteiger partial charge >= 0.3 is 0 Å². The van der Waals surface area contributed by atoms with Crippen LogP contribution in [0.5, 0.6) is 0 Å². The minimum atomic E-state index is -0.256. The first-order valence-electron chi connectivity index (χ1n) is 14.2. The van der Waals surface area contributed by atoms with Crippen molar-refractivity contribution in [2.24, 2.45) is 5.92 Å². The van der Waals surface area contributed by atoms with Crippen LogP contribution < -0.4 is 4.90 Å². The van der Waals surface area contributed by atoms with Gasteiger partial charge in [0.05, 0.1) is 22.7 Å². The Morgan fingerprint density at radius 2 is 1.65 bits per heavy atom. The molecule has 0 N–H and O–H groups in total. The van der Waals surface area contributed by atoms with Crippen LogP contribution in [0.1, 0.15) is 51.1 Å². The molecule has 3 aromatic rings. The maximum Gasteiger partial charge on any atom is 0.263 e. The summed E-state index contributed by atoms with van der Waals surface area (Å²) in [6.45, 7) is 3.28. The number of amides is 3. The van der Waals surface area contributed by atoms with Crippen LogP contribution >= 0.6 is 0 Å². The molecule has 7 nitrogen and oxygen atoms in total. The van der Waals surface area contributed by atoms with Crippen molar-refractivity contribution < 1.29 is 19.1 Å². The van der Waals surface area contributed by atoms with Crippen molar-refractivity contribution in [1.82, 2.24) is 9.80 Å². The zero-order valence-electron chi connectivity index (χ0n) is 23.1. The highest BCUT2D eigenvalue weighted by molar-refractivity contribution is 6.23. The van der Waals surface area contributed by atoms with Crippen LogP contribution in [0, 0.1) is 5.92 Å². The minimum Gasteiger partial charge on any atom is -0.385 e. The molecule has 0 spiro atoms. The number of rotatable bonds is 11. The third-order valence-corrected chi connectivity index (χ3v) is 7.86. The molecule has 0 saturated carbocycles. The van der Waals surface area contributed by atoms with Crippen molar-refractivity contribution in [3.05, 3.63) is 101 Å². The lowest BCUT2D eigenvalue weighted by molar-refractivity contribution is -0.136. The van der Waals surface area contributed by atoms with Gasteiger partial charge in [-0.05, 0) is 48.9 Å². The lowest BCUT2D eigenvalue weighted by Crippen LogP contribution is -2.45. The molecule has 0 bridgehead atoms. The zero-order chi connectivity index (χ0) is 27.9. The van der Waals surface area contributed by atoms with E-state index in [-0.39, 0.29) is 23.6 Å². The molecule has 7 heteroatoms. The van der Waals surface area contributed by atoms with Gasteiger partial charge in [0.15, 0.2) is 0 Å². The van der Waals surface area contributed by atoms with E-state index in [1.807, 2.05) is 53.4 Å². The van der Waals surface area contributed by atoms with Gasteiger partial charge in [-0.3, -0.25) is 19.3 Å². The summed E-state index contributed by atoms with van der Waals surface area (Å²) in [4.78, 5) is 45.9. The summed E-state index contributed by atoms with van der Waals surface area (Å²) in [5.41, 5.74) is 3.97. The Balaban J connectivity index is 1.33. The number of piperidine rings is 1. The van der Waals surface area contributed by atoms with Crippen LogP contribution in [0.15, 0.2) is 78.9 Å². The van der Waals surface area contributed by atoms with E-state index in [1.165, 1.54) is 10.5 Å². The zero-order valence-corrected chi connectivity index (χ0v) is 23.1. The number of anilines is 1. The van der Waals surface area contributed by atoms with Crippen molar-refractivity contribution in [2.75, 3.05) is 44.8 Å². The van der Waals surface area contributed by atoms with E-state index in [0.29, 0.717) is 50.3 Å². The van der Waals surface area contributed by atoms with Crippen LogP contribution in [0.25, 0.3) is 0 Å². The molecule has 2 aliphatic heterocycles. The number of methoxy groups -OCH3 is 1. The molecule has 0 radical (unpaired) electrons. The predicted octanol–water partition coefficient (Wildman–Crippen LogP) is 4.81. The van der Waals surface area contributed by atoms with Gasteiger partial charge in [0.1, 0.15) is 0 Å². The molecule has 1 atom stereocenters. The normalized spacial score (nSPS) is 16.8. The second-order valence-electron chi connectivity index (χ2n) is 10.6. The smallest absolute Gasteiger partial charge is 0.263 e. The SMILES string of the molecule is COCCCN1C(=O)c2cccc(N3CCCC(C(=O)N(CCc4ccccc4)Cc4ccccc4)C3)c2C1=O. The quantitative estimate of drug-likeness (QED) is 0.259. The first-order chi connectivity index (χ1) is 19.6. The highest BCUT2D eigenvalue weighted by Gasteiger charge is 2.39. The summed E-state index contributed by atoms with van der Waals surface area (Å²) in [7, 11) is 1.61. The summed E-state index contributed by atoms with van der Waals surface area (Å²) in [5.74, 6) is -0.555. The van der Waals surface area contributed by atoms with Gasteiger partial charge in [0, 0.05) is 46.4 Å². The van der Waals surface area contributed by atoms with E-state index in [0.717, 1.165) is 37.1 Å². The average molecular weight is 540 g/mol. The number of carbonyl (C=O) groups is 3. The minimum absolute atomic E-state index is 0.139. The Labute approximate surface area is 236 Å². The first-order valence-corrected chi connectivity index (χ1v) is 14.2. The van der Waals surface area contributed by atoms with Crippen molar-refractivity contribution in [3.8, 4) is 0 Å². The van der Waals surface area contributed by atoms with Gasteiger partial charge in [-0.15, -0.1) is 0 Å². The fourth-order valence-electron chi connectivity index (χ4n) is 5.78. The second-order valence-corrected chi connectivity index (χ2v) is 10.6. The molecule has 2 aliphatic rings. The number of benzene rings is 3. The molecule has 3 aromatic carbocycles. The molecule has 1 unspecified atom stereocenters. The number of carbonyl (C=O) groups excluding carboxylic acids is 3. The van der Waals surface area contributed by atoms with E-state index < -0.39 is 0 Å². The van der Waals surface area contributed by atoms with Crippen LogP contribution in [0.4, 0.5) is 5.69 Å². The number of nitrogens with zero attached hydrogens (tertiary/aromatic N) is 3. The fourth-order valence-corrected chi connectivity index (χ4v) is 5.78. The standard InChI is InChI=1S/C33H37N3O4/c1-40-22-10-20-36-32(38)28-16-8-17-29(30(28)33(36)39)34-19-9-15-27(24-34)31(37)35(23-26-13-6-3-7-14-26)21-18-25-11-4-2-5-12-25/h2-8,11-14,16-17,27H,9-10,15,18-24H2,1H3. The molecule has 1 fully saturated rings. The maximum atomic E-state index is 14.0. The summed E-state index contributed by atoms with van der Waals surface area (Å²) in [6.07, 6.45) is 3.03. The van der Waals surface area contributed by atoms with E-state index in [4.69, 9.17) is 4.74 Å². The molecule has 40 heavy (non-hydrogen) atoms. The van der Waals surface area contributed by atoms with Gasteiger partial charge < -0.3 is 14.5 Å². The molecule has 208 valence electrons. The Hall–Kier alpha value is -3.97. The Bertz CT molecular complexity index is 1330. The molecule has 0 aromatic heterocycles. The third-order valence-electron chi connectivity index (χ3n) is 7.86. The lowest BCUT2D eigenvalue weighted by atomic mass is 9.94. The number of hydrogen-bond donors (Lipinski definition) is 0.